The number of nitrogens with zero attached hydrogens (tertiary/aromatic N) is 1. The average Bonchev–Trinajstić information content (AvgIpc) is 3.06. The minimum Gasteiger partial charge on any atom is -0.486 e. The molecular formula is C16H20IN3O2S. The number of hydrogen-bond acceptors (Lipinski definition) is 4. The molecule has 0 amide bonds. The number of fused-ring (bicyclic) bond motifs is 1. The van der Waals surface area contributed by atoms with Crippen LogP contribution in [0.15, 0.2) is 46.8 Å². The van der Waals surface area contributed by atoms with Gasteiger partial charge in [0.25, 0.3) is 0 Å². The summed E-state index contributed by atoms with van der Waals surface area (Å²) in [6, 6.07) is 11.8. The molecule has 1 atom stereocenters. The SMILES string of the molecule is I.NC(=NCC1COc2ccccc2O1)NCCc1cccs1. The number of nitrogens with one attached hydrogen (secondary N) is 1. The lowest BCUT2D eigenvalue weighted by Crippen LogP contribution is -2.36. The third-order valence-electron chi connectivity index (χ3n) is 3.29. The van der Waals surface area contributed by atoms with Crippen LogP contribution in [0.25, 0.3) is 0 Å². The highest BCUT2D eigenvalue weighted by Crippen LogP contribution is 2.30. The molecule has 0 saturated carbocycles. The summed E-state index contributed by atoms with van der Waals surface area (Å²) in [4.78, 5) is 5.66. The molecule has 2 aromatic rings. The Kier molecular flexibility index (Phi) is 6.97. The summed E-state index contributed by atoms with van der Waals surface area (Å²) >= 11 is 1.75. The molecule has 5 nitrogen and oxygen atoms in total. The van der Waals surface area contributed by atoms with Gasteiger partial charge < -0.3 is 20.5 Å². The van der Waals surface area contributed by atoms with Crippen LogP contribution in [0, 0.1) is 0 Å². The minimum atomic E-state index is -0.104. The Morgan fingerprint density at radius 3 is 2.87 bits per heavy atom. The fraction of sp³-hybridized carbons (Fsp3) is 0.312. The predicted molar refractivity (Wildman–Crippen MR) is 104 cm³/mol. The van der Waals surface area contributed by atoms with Gasteiger partial charge in [0.15, 0.2) is 23.6 Å². The van der Waals surface area contributed by atoms with Crippen LogP contribution >= 0.6 is 35.3 Å². The molecule has 0 spiro atoms. The average molecular weight is 445 g/mol. The summed E-state index contributed by atoms with van der Waals surface area (Å²) in [6.07, 6.45) is 0.845. The molecule has 0 radical (unpaired) electrons. The molecule has 1 unspecified atom stereocenters. The molecule has 0 fully saturated rings. The van der Waals surface area contributed by atoms with Crippen molar-refractivity contribution < 1.29 is 9.47 Å². The molecule has 0 bridgehead atoms. The second-order valence-electron chi connectivity index (χ2n) is 4.98. The van der Waals surface area contributed by atoms with Gasteiger partial charge in [-0.3, -0.25) is 0 Å². The molecule has 1 aromatic carbocycles. The van der Waals surface area contributed by atoms with E-state index < -0.39 is 0 Å². The van der Waals surface area contributed by atoms with Gasteiger partial charge in [0.05, 0.1) is 6.54 Å². The highest BCUT2D eigenvalue weighted by atomic mass is 127. The van der Waals surface area contributed by atoms with Gasteiger partial charge in [-0.1, -0.05) is 18.2 Å². The first-order valence-electron chi connectivity index (χ1n) is 7.26. The van der Waals surface area contributed by atoms with Crippen molar-refractivity contribution in [3.63, 3.8) is 0 Å². The Hall–Kier alpha value is -1.48. The van der Waals surface area contributed by atoms with E-state index in [2.05, 4.69) is 27.8 Å². The number of halogens is 1. The summed E-state index contributed by atoms with van der Waals surface area (Å²) in [5.74, 6) is 1.99. The quantitative estimate of drug-likeness (QED) is 0.422. The monoisotopic (exact) mass is 445 g/mol. The van der Waals surface area contributed by atoms with Crippen molar-refractivity contribution in [2.45, 2.75) is 12.5 Å². The molecule has 0 aliphatic carbocycles. The van der Waals surface area contributed by atoms with E-state index in [9.17, 15) is 0 Å². The van der Waals surface area contributed by atoms with Crippen LogP contribution < -0.4 is 20.5 Å². The van der Waals surface area contributed by atoms with E-state index in [0.29, 0.717) is 19.1 Å². The minimum absolute atomic E-state index is 0. The zero-order chi connectivity index (χ0) is 15.2. The molecule has 1 aromatic heterocycles. The lowest BCUT2D eigenvalue weighted by Gasteiger charge is -2.25. The van der Waals surface area contributed by atoms with Crippen molar-refractivity contribution in [3.05, 3.63) is 46.7 Å². The van der Waals surface area contributed by atoms with Gasteiger partial charge in [-0.15, -0.1) is 35.3 Å². The lowest BCUT2D eigenvalue weighted by molar-refractivity contribution is 0.0972. The summed E-state index contributed by atoms with van der Waals surface area (Å²) in [5.41, 5.74) is 5.87. The van der Waals surface area contributed by atoms with Crippen LogP contribution in [0.5, 0.6) is 11.5 Å². The number of benzene rings is 1. The highest BCUT2D eigenvalue weighted by Gasteiger charge is 2.19. The van der Waals surface area contributed by atoms with E-state index in [1.54, 1.807) is 11.3 Å². The van der Waals surface area contributed by atoms with Crippen molar-refractivity contribution in [1.29, 1.82) is 0 Å². The van der Waals surface area contributed by atoms with E-state index in [-0.39, 0.29) is 30.1 Å². The summed E-state index contributed by atoms with van der Waals surface area (Å²) in [5, 5.41) is 5.19. The molecule has 23 heavy (non-hydrogen) atoms. The van der Waals surface area contributed by atoms with Gasteiger partial charge in [-0.05, 0) is 30.0 Å². The second kappa shape index (κ2) is 8.97. The van der Waals surface area contributed by atoms with Crippen LogP contribution in [-0.4, -0.2) is 31.8 Å². The number of hydrogen-bond donors (Lipinski definition) is 2. The van der Waals surface area contributed by atoms with E-state index in [1.807, 2.05) is 24.3 Å². The number of para-hydroxylation sites is 2. The third-order valence-corrected chi connectivity index (χ3v) is 4.23. The number of rotatable bonds is 5. The number of thiophene rings is 1. The predicted octanol–water partition coefficient (Wildman–Crippen LogP) is 2.65. The molecule has 3 rings (SSSR count). The number of nitrogens with two attached hydrogens (primary N) is 1. The van der Waals surface area contributed by atoms with Gasteiger partial charge in [-0.2, -0.15) is 0 Å². The maximum absolute atomic E-state index is 5.87. The van der Waals surface area contributed by atoms with Gasteiger partial charge >= 0.3 is 0 Å². The van der Waals surface area contributed by atoms with Crippen molar-refractivity contribution in [3.8, 4) is 11.5 Å². The second-order valence-corrected chi connectivity index (χ2v) is 6.01. The van der Waals surface area contributed by atoms with Crippen molar-refractivity contribution in [2.75, 3.05) is 19.7 Å². The fourth-order valence-electron chi connectivity index (χ4n) is 2.18. The zero-order valence-electron chi connectivity index (χ0n) is 12.6. The first-order chi connectivity index (χ1) is 10.8. The topological polar surface area (TPSA) is 68.9 Å². The van der Waals surface area contributed by atoms with E-state index in [1.165, 1.54) is 4.88 Å². The Labute approximate surface area is 156 Å². The van der Waals surface area contributed by atoms with Crippen LogP contribution in [0.3, 0.4) is 0 Å². The third kappa shape index (κ3) is 5.28. The van der Waals surface area contributed by atoms with Crippen LogP contribution in [0.1, 0.15) is 4.88 Å². The van der Waals surface area contributed by atoms with Gasteiger partial charge in [0, 0.05) is 11.4 Å². The first kappa shape index (κ1) is 17.9. The molecule has 2 heterocycles. The summed E-state index contributed by atoms with van der Waals surface area (Å²) < 4.78 is 11.5. The molecule has 0 saturated heterocycles. The largest absolute Gasteiger partial charge is 0.486 e. The van der Waals surface area contributed by atoms with Crippen LogP contribution in [0.2, 0.25) is 0 Å². The Morgan fingerprint density at radius 1 is 1.26 bits per heavy atom. The molecule has 1 aliphatic heterocycles. The molecule has 7 heteroatoms. The highest BCUT2D eigenvalue weighted by molar-refractivity contribution is 14.0. The van der Waals surface area contributed by atoms with Gasteiger partial charge in [0.2, 0.25) is 0 Å². The van der Waals surface area contributed by atoms with Crippen molar-refractivity contribution in [2.24, 2.45) is 10.7 Å². The molecule has 3 N–H and O–H groups in total. The normalized spacial score (nSPS) is 16.5. The van der Waals surface area contributed by atoms with E-state index in [4.69, 9.17) is 15.2 Å². The number of guanidine groups is 1. The van der Waals surface area contributed by atoms with Gasteiger partial charge in [0.1, 0.15) is 6.61 Å². The van der Waals surface area contributed by atoms with Crippen LogP contribution in [-0.2, 0) is 6.42 Å². The molecule has 124 valence electrons. The Bertz CT molecular complexity index is 634. The van der Waals surface area contributed by atoms with Gasteiger partial charge in [-0.25, -0.2) is 4.99 Å². The first-order valence-corrected chi connectivity index (χ1v) is 8.14. The van der Waals surface area contributed by atoms with Crippen molar-refractivity contribution in [1.82, 2.24) is 5.32 Å². The summed E-state index contributed by atoms with van der Waals surface area (Å²) in [6.45, 7) is 1.75. The molecule has 1 aliphatic rings. The van der Waals surface area contributed by atoms with E-state index >= 15 is 0 Å². The Morgan fingerprint density at radius 2 is 2.09 bits per heavy atom. The summed E-state index contributed by atoms with van der Waals surface area (Å²) in [7, 11) is 0. The van der Waals surface area contributed by atoms with E-state index in [0.717, 1.165) is 24.5 Å². The lowest BCUT2D eigenvalue weighted by atomic mass is 10.2. The smallest absolute Gasteiger partial charge is 0.188 e. The fourth-order valence-corrected chi connectivity index (χ4v) is 2.89. The maximum atomic E-state index is 5.87. The van der Waals surface area contributed by atoms with Crippen molar-refractivity contribution >= 4 is 41.3 Å². The Balaban J connectivity index is 0.00000192. The standard InChI is InChI=1S/C16H19N3O2S.HI/c17-16(18-8-7-13-4-3-9-22-13)19-10-12-11-20-14-5-1-2-6-15(14)21-12;/h1-6,9,12H,7-8,10-11H2,(H3,17,18,19);1H. The number of aliphatic imine (C=N–C) groups is 1. The number of ether oxygens (including phenoxy) is 2. The molecular weight excluding hydrogens is 425 g/mol. The maximum Gasteiger partial charge on any atom is 0.188 e. The van der Waals surface area contributed by atoms with Crippen LogP contribution in [0.4, 0.5) is 0 Å². The zero-order valence-corrected chi connectivity index (χ0v) is 15.8.